The number of imide groups is 1. The fraction of sp³-hybridized carbons (Fsp3) is 0.705. The van der Waals surface area contributed by atoms with Crippen LogP contribution >= 0.6 is 0 Å². The normalized spacial score (nSPS) is 14.7. The molecule has 0 aliphatic carbocycles. The van der Waals surface area contributed by atoms with Crippen LogP contribution < -0.4 is 21.7 Å². The number of benzene rings is 1. The van der Waals surface area contributed by atoms with Crippen molar-refractivity contribution in [3.05, 3.63) is 29.3 Å². The molecule has 1 aromatic rings. The number of ether oxygens (including phenoxy) is 2. The molecule has 59 heavy (non-hydrogen) atoms. The van der Waals surface area contributed by atoms with Crippen LogP contribution in [0.15, 0.2) is 18.2 Å². The second-order valence-electron chi connectivity index (χ2n) is 17.0. The predicted molar refractivity (Wildman–Crippen MR) is 228 cm³/mol. The highest BCUT2D eigenvalue weighted by Crippen LogP contribution is 2.28. The van der Waals surface area contributed by atoms with Crippen LogP contribution in [0.4, 0.5) is 5.69 Å². The number of amides is 6. The Hall–Kier alpha value is -4.37. The molecular formula is C44H74N6O9. The zero-order valence-electron chi connectivity index (χ0n) is 37.7. The minimum Gasteiger partial charge on any atom is -0.461 e. The van der Waals surface area contributed by atoms with Crippen molar-refractivity contribution in [2.24, 2.45) is 23.0 Å². The summed E-state index contributed by atoms with van der Waals surface area (Å²) in [6.45, 7) is 20.1. The summed E-state index contributed by atoms with van der Waals surface area (Å²) in [4.78, 5) is 91.1. The van der Waals surface area contributed by atoms with E-state index in [-0.39, 0.29) is 80.4 Å². The van der Waals surface area contributed by atoms with Crippen molar-refractivity contribution in [2.45, 2.75) is 152 Å². The van der Waals surface area contributed by atoms with E-state index in [9.17, 15) is 33.6 Å². The monoisotopic (exact) mass is 831 g/mol. The van der Waals surface area contributed by atoms with Crippen LogP contribution in [0.2, 0.25) is 0 Å². The number of esters is 1. The maximum absolute atomic E-state index is 13.6. The van der Waals surface area contributed by atoms with E-state index in [1.807, 2.05) is 41.5 Å². The number of unbranched alkanes of at least 4 members (excludes halogenated alkanes) is 2. The molecule has 0 aromatic heterocycles. The molecule has 1 heterocycles. The lowest BCUT2D eigenvalue weighted by Gasteiger charge is -2.32. The van der Waals surface area contributed by atoms with Gasteiger partial charge in [0.15, 0.2) is 0 Å². The number of nitrogens with zero attached hydrogens (tertiary/aromatic N) is 2. The first-order valence-electron chi connectivity index (χ1n) is 21.2. The predicted octanol–water partition coefficient (Wildman–Crippen LogP) is 5.23. The maximum Gasteiger partial charge on any atom is 0.305 e. The van der Waals surface area contributed by atoms with Crippen molar-refractivity contribution >= 4 is 47.1 Å². The Morgan fingerprint density at radius 3 is 2.20 bits per heavy atom. The summed E-state index contributed by atoms with van der Waals surface area (Å²) < 4.78 is 11.4. The molecule has 0 bridgehead atoms. The van der Waals surface area contributed by atoms with E-state index in [1.54, 1.807) is 37.1 Å². The molecule has 1 fully saturated rings. The maximum atomic E-state index is 13.6. The van der Waals surface area contributed by atoms with E-state index >= 15 is 0 Å². The Morgan fingerprint density at radius 1 is 0.949 bits per heavy atom. The van der Waals surface area contributed by atoms with Crippen molar-refractivity contribution in [3.8, 4) is 0 Å². The molecule has 0 spiro atoms. The van der Waals surface area contributed by atoms with Crippen LogP contribution in [0.3, 0.4) is 0 Å². The molecular weight excluding hydrogens is 757 g/mol. The Morgan fingerprint density at radius 2 is 1.61 bits per heavy atom. The number of nitrogens with two attached hydrogens (primary N) is 1. The molecule has 1 saturated heterocycles. The highest BCUT2D eigenvalue weighted by molar-refractivity contribution is 6.03. The number of hydrogen-bond donors (Lipinski definition) is 4. The van der Waals surface area contributed by atoms with E-state index in [1.165, 1.54) is 18.2 Å². The summed E-state index contributed by atoms with van der Waals surface area (Å²) in [5.74, 6) is -2.27. The van der Waals surface area contributed by atoms with Crippen LogP contribution in [0.5, 0.6) is 0 Å². The molecule has 1 aliphatic rings. The van der Waals surface area contributed by atoms with Crippen LogP contribution in [-0.2, 0) is 56.2 Å². The van der Waals surface area contributed by atoms with Crippen molar-refractivity contribution in [1.29, 1.82) is 0 Å². The van der Waals surface area contributed by atoms with Gasteiger partial charge in [-0.2, -0.15) is 0 Å². The lowest BCUT2D eigenvalue weighted by Crippen LogP contribution is -2.45. The standard InChI is InChI=1S/C41H66N6O9.C3H8/c1-10-36(51)55-26-29-15-16-31(22-30(29)25-46(9)39(54)40(5,6)18-21-56-41(7,8)17-19-42)45-37(52)28(4)44-34(49)24-43-33(48)14-12-11-13-20-47-35(50)23-32(27(2)3)38(47)53;1-3-2/h15-16,22,27-28,32H,10-14,17-21,23-26,42H2,1-9H3,(H,43,48)(H,44,49)(H,45,52);3H2,1-2H3. The fourth-order valence-corrected chi connectivity index (χ4v) is 6.28. The summed E-state index contributed by atoms with van der Waals surface area (Å²) in [7, 11) is 1.69. The van der Waals surface area contributed by atoms with Crippen molar-refractivity contribution in [2.75, 3.05) is 38.6 Å². The van der Waals surface area contributed by atoms with Crippen molar-refractivity contribution in [1.82, 2.24) is 20.4 Å². The van der Waals surface area contributed by atoms with Gasteiger partial charge in [0.1, 0.15) is 12.6 Å². The Labute approximate surface area is 352 Å². The Kier molecular flexibility index (Phi) is 23.2. The highest BCUT2D eigenvalue weighted by Gasteiger charge is 2.39. The lowest BCUT2D eigenvalue weighted by atomic mass is 9.87. The first-order valence-corrected chi connectivity index (χ1v) is 21.2. The second-order valence-corrected chi connectivity index (χ2v) is 17.0. The fourth-order valence-electron chi connectivity index (χ4n) is 6.28. The second kappa shape index (κ2) is 26.0. The molecule has 2 rings (SSSR count). The Balaban J connectivity index is 0.00000562. The average Bonchev–Trinajstić information content (AvgIpc) is 3.45. The summed E-state index contributed by atoms with van der Waals surface area (Å²) in [6, 6.07) is 4.14. The molecule has 2 unspecified atom stereocenters. The number of anilines is 1. The number of nitrogens with one attached hydrogen (secondary N) is 3. The molecule has 1 aliphatic heterocycles. The number of rotatable bonds is 24. The third-order valence-corrected chi connectivity index (χ3v) is 10.0. The summed E-state index contributed by atoms with van der Waals surface area (Å²) in [6.07, 6.45) is 4.83. The van der Waals surface area contributed by atoms with Gasteiger partial charge in [-0.15, -0.1) is 0 Å². The molecule has 0 saturated carbocycles. The van der Waals surface area contributed by atoms with Crippen LogP contribution in [0.25, 0.3) is 0 Å². The van der Waals surface area contributed by atoms with Crippen LogP contribution in [0.1, 0.15) is 138 Å². The van der Waals surface area contributed by atoms with Gasteiger partial charge in [0.2, 0.25) is 35.4 Å². The minimum absolute atomic E-state index is 0.0106. The van der Waals surface area contributed by atoms with Gasteiger partial charge < -0.3 is 36.1 Å². The quantitative estimate of drug-likeness (QED) is 0.0607. The van der Waals surface area contributed by atoms with Gasteiger partial charge in [0, 0.05) is 63.0 Å². The number of carbonyl (C=O) groups excluding carboxylic acids is 7. The molecule has 15 heteroatoms. The SMILES string of the molecule is CCC.CCC(=O)OCc1ccc(NC(=O)C(C)NC(=O)CNC(=O)CCCCCN2C(=O)CC(C(C)C)C2=O)cc1CN(C)C(=O)C(C)(C)CCOC(C)(C)CCN. The molecule has 334 valence electrons. The molecule has 15 nitrogen and oxygen atoms in total. The van der Waals surface area contributed by atoms with E-state index in [0.29, 0.717) is 68.6 Å². The average molecular weight is 831 g/mol. The third-order valence-electron chi connectivity index (χ3n) is 10.0. The van der Waals surface area contributed by atoms with Gasteiger partial charge in [-0.1, -0.05) is 67.4 Å². The molecule has 5 N–H and O–H groups in total. The number of carbonyl (C=O) groups is 7. The van der Waals surface area contributed by atoms with Crippen LogP contribution in [-0.4, -0.2) is 96.1 Å². The third kappa shape index (κ3) is 19.0. The van der Waals surface area contributed by atoms with Gasteiger partial charge in [-0.25, -0.2) is 0 Å². The van der Waals surface area contributed by atoms with E-state index in [2.05, 4.69) is 29.8 Å². The van der Waals surface area contributed by atoms with Crippen molar-refractivity contribution in [3.63, 3.8) is 0 Å². The molecule has 6 amide bonds. The zero-order chi connectivity index (χ0) is 44.9. The molecule has 0 radical (unpaired) electrons. The molecule has 2 atom stereocenters. The first kappa shape index (κ1) is 52.6. The number of hydrogen-bond acceptors (Lipinski definition) is 10. The first-order chi connectivity index (χ1) is 27.6. The van der Waals surface area contributed by atoms with Crippen LogP contribution in [0, 0.1) is 17.3 Å². The summed E-state index contributed by atoms with van der Waals surface area (Å²) in [5, 5.41) is 7.93. The summed E-state index contributed by atoms with van der Waals surface area (Å²) >= 11 is 0. The van der Waals surface area contributed by atoms with E-state index in [0.717, 1.165) is 0 Å². The summed E-state index contributed by atoms with van der Waals surface area (Å²) in [5.41, 5.74) is 6.31. The highest BCUT2D eigenvalue weighted by atomic mass is 16.5. The number of likely N-dealkylation sites (tertiary alicyclic amines) is 1. The van der Waals surface area contributed by atoms with Gasteiger partial charge >= 0.3 is 5.97 Å². The lowest BCUT2D eigenvalue weighted by molar-refractivity contribution is -0.145. The topological polar surface area (TPSA) is 207 Å². The van der Waals surface area contributed by atoms with Gasteiger partial charge in [-0.05, 0) is 82.2 Å². The van der Waals surface area contributed by atoms with Gasteiger partial charge in [-0.3, -0.25) is 38.5 Å². The largest absolute Gasteiger partial charge is 0.461 e. The Bertz CT molecular complexity index is 1560. The minimum atomic E-state index is -0.943. The van der Waals surface area contributed by atoms with Gasteiger partial charge in [0.05, 0.1) is 12.1 Å². The van der Waals surface area contributed by atoms with E-state index < -0.39 is 28.9 Å². The van der Waals surface area contributed by atoms with Crippen molar-refractivity contribution < 1.29 is 43.0 Å². The van der Waals surface area contributed by atoms with Gasteiger partial charge in [0.25, 0.3) is 0 Å². The smallest absolute Gasteiger partial charge is 0.305 e. The zero-order valence-corrected chi connectivity index (χ0v) is 37.7. The molecule has 1 aromatic carbocycles. The van der Waals surface area contributed by atoms with E-state index in [4.69, 9.17) is 15.2 Å².